The third-order valence-electron chi connectivity index (χ3n) is 5.88. The maximum absolute atomic E-state index is 6.11. The maximum Gasteiger partial charge on any atom is 0.0235 e. The predicted octanol–water partition coefficient (Wildman–Crippen LogP) is 2.70. The SMILES string of the molecule is CCN(CC)C1CCN(CCC2(CN)CCCCC2)C1. The van der Waals surface area contributed by atoms with Gasteiger partial charge in [-0.1, -0.05) is 33.1 Å². The second-order valence-corrected chi connectivity index (χ2v) is 6.98. The van der Waals surface area contributed by atoms with Crippen LogP contribution in [0.15, 0.2) is 0 Å². The van der Waals surface area contributed by atoms with Crippen molar-refractivity contribution < 1.29 is 0 Å². The van der Waals surface area contributed by atoms with Gasteiger partial charge in [0.2, 0.25) is 0 Å². The number of likely N-dealkylation sites (tertiary alicyclic amines) is 1. The van der Waals surface area contributed by atoms with Crippen molar-refractivity contribution >= 4 is 0 Å². The van der Waals surface area contributed by atoms with E-state index in [1.54, 1.807) is 0 Å². The number of rotatable bonds is 7. The summed E-state index contributed by atoms with van der Waals surface area (Å²) in [5, 5.41) is 0. The van der Waals surface area contributed by atoms with E-state index >= 15 is 0 Å². The molecule has 118 valence electrons. The van der Waals surface area contributed by atoms with Gasteiger partial charge in [0.1, 0.15) is 0 Å². The molecule has 2 N–H and O–H groups in total. The monoisotopic (exact) mass is 281 g/mol. The van der Waals surface area contributed by atoms with E-state index < -0.39 is 0 Å². The molecule has 1 saturated carbocycles. The molecule has 0 radical (unpaired) electrons. The molecule has 1 saturated heterocycles. The van der Waals surface area contributed by atoms with E-state index in [2.05, 4.69) is 23.6 Å². The van der Waals surface area contributed by atoms with Gasteiger partial charge in [0.25, 0.3) is 0 Å². The summed E-state index contributed by atoms with van der Waals surface area (Å²) in [7, 11) is 0. The highest BCUT2D eigenvalue weighted by molar-refractivity contribution is 4.87. The minimum absolute atomic E-state index is 0.478. The minimum atomic E-state index is 0.478. The zero-order valence-electron chi connectivity index (χ0n) is 13.7. The lowest BCUT2D eigenvalue weighted by Gasteiger charge is -2.37. The smallest absolute Gasteiger partial charge is 0.0235 e. The van der Waals surface area contributed by atoms with Gasteiger partial charge in [-0.3, -0.25) is 4.90 Å². The number of likely N-dealkylation sites (N-methyl/N-ethyl adjacent to an activating group) is 1. The van der Waals surface area contributed by atoms with Gasteiger partial charge in [-0.2, -0.15) is 0 Å². The molecule has 2 fully saturated rings. The standard InChI is InChI=1S/C17H35N3/c1-3-20(4-2)16-8-12-19(14-16)13-11-17(15-18)9-6-5-7-10-17/h16H,3-15,18H2,1-2H3. The summed E-state index contributed by atoms with van der Waals surface area (Å²) in [6.07, 6.45) is 9.66. The van der Waals surface area contributed by atoms with Gasteiger partial charge >= 0.3 is 0 Å². The van der Waals surface area contributed by atoms with E-state index in [1.807, 2.05) is 0 Å². The molecule has 3 heteroatoms. The molecule has 3 nitrogen and oxygen atoms in total. The van der Waals surface area contributed by atoms with Crippen LogP contribution in [0.1, 0.15) is 58.8 Å². The molecule has 0 bridgehead atoms. The molecular weight excluding hydrogens is 246 g/mol. The van der Waals surface area contributed by atoms with Crippen molar-refractivity contribution in [1.29, 1.82) is 0 Å². The van der Waals surface area contributed by atoms with Gasteiger partial charge in [-0.15, -0.1) is 0 Å². The fraction of sp³-hybridized carbons (Fsp3) is 1.00. The lowest BCUT2D eigenvalue weighted by Crippen LogP contribution is -2.39. The van der Waals surface area contributed by atoms with Crippen molar-refractivity contribution in [3.8, 4) is 0 Å². The molecule has 1 aliphatic heterocycles. The Morgan fingerprint density at radius 3 is 2.45 bits per heavy atom. The van der Waals surface area contributed by atoms with Crippen LogP contribution in [0.25, 0.3) is 0 Å². The third-order valence-corrected chi connectivity index (χ3v) is 5.88. The lowest BCUT2D eigenvalue weighted by atomic mass is 9.72. The Hall–Kier alpha value is -0.120. The van der Waals surface area contributed by atoms with Gasteiger partial charge in [-0.05, 0) is 63.8 Å². The first-order chi connectivity index (χ1) is 9.73. The molecular formula is C17H35N3. The highest BCUT2D eigenvalue weighted by Crippen LogP contribution is 2.38. The van der Waals surface area contributed by atoms with Crippen molar-refractivity contribution in [3.63, 3.8) is 0 Å². The Balaban J connectivity index is 1.77. The Morgan fingerprint density at radius 2 is 1.85 bits per heavy atom. The van der Waals surface area contributed by atoms with Crippen molar-refractivity contribution in [2.75, 3.05) is 39.3 Å². The molecule has 1 atom stereocenters. The Morgan fingerprint density at radius 1 is 1.15 bits per heavy atom. The fourth-order valence-electron chi connectivity index (χ4n) is 4.31. The van der Waals surface area contributed by atoms with Crippen molar-refractivity contribution in [1.82, 2.24) is 9.80 Å². The third kappa shape index (κ3) is 3.96. The van der Waals surface area contributed by atoms with Crippen LogP contribution in [0.3, 0.4) is 0 Å². The van der Waals surface area contributed by atoms with Crippen molar-refractivity contribution in [3.05, 3.63) is 0 Å². The largest absolute Gasteiger partial charge is 0.330 e. The Bertz CT molecular complexity index is 269. The molecule has 2 aliphatic rings. The summed E-state index contributed by atoms with van der Waals surface area (Å²) in [6, 6.07) is 0.796. The lowest BCUT2D eigenvalue weighted by molar-refractivity contribution is 0.149. The molecule has 1 aliphatic carbocycles. The van der Waals surface area contributed by atoms with E-state index in [0.29, 0.717) is 5.41 Å². The molecule has 0 aromatic heterocycles. The summed E-state index contributed by atoms with van der Waals surface area (Å²) >= 11 is 0. The quantitative estimate of drug-likeness (QED) is 0.779. The highest BCUT2D eigenvalue weighted by Gasteiger charge is 2.32. The van der Waals surface area contributed by atoms with Gasteiger partial charge < -0.3 is 10.6 Å². The van der Waals surface area contributed by atoms with E-state index in [9.17, 15) is 0 Å². The van der Waals surface area contributed by atoms with Crippen molar-refractivity contribution in [2.24, 2.45) is 11.1 Å². The van der Waals surface area contributed by atoms with Gasteiger partial charge in [0.05, 0.1) is 0 Å². The number of hydrogen-bond donors (Lipinski definition) is 1. The first kappa shape index (κ1) is 16.3. The number of nitrogens with two attached hydrogens (primary N) is 1. The van der Waals surface area contributed by atoms with Crippen LogP contribution in [0.5, 0.6) is 0 Å². The van der Waals surface area contributed by atoms with Crippen LogP contribution in [0, 0.1) is 5.41 Å². The zero-order valence-corrected chi connectivity index (χ0v) is 13.7. The van der Waals surface area contributed by atoms with E-state index in [4.69, 9.17) is 5.73 Å². The Kier molecular flexibility index (Phi) is 6.31. The molecule has 0 spiro atoms. The van der Waals surface area contributed by atoms with Crippen LogP contribution in [-0.4, -0.2) is 55.1 Å². The second-order valence-electron chi connectivity index (χ2n) is 6.98. The van der Waals surface area contributed by atoms with Crippen LogP contribution in [0.2, 0.25) is 0 Å². The normalized spacial score (nSPS) is 27.3. The average molecular weight is 281 g/mol. The number of hydrogen-bond acceptors (Lipinski definition) is 3. The average Bonchev–Trinajstić information content (AvgIpc) is 2.96. The van der Waals surface area contributed by atoms with Gasteiger partial charge in [-0.25, -0.2) is 0 Å². The maximum atomic E-state index is 6.11. The van der Waals surface area contributed by atoms with Crippen LogP contribution >= 0.6 is 0 Å². The van der Waals surface area contributed by atoms with Gasteiger partial charge in [0.15, 0.2) is 0 Å². The molecule has 1 unspecified atom stereocenters. The molecule has 0 aromatic rings. The first-order valence-electron chi connectivity index (χ1n) is 8.89. The summed E-state index contributed by atoms with van der Waals surface area (Å²) in [6.45, 7) is 11.7. The highest BCUT2D eigenvalue weighted by atomic mass is 15.2. The van der Waals surface area contributed by atoms with Crippen molar-refractivity contribution in [2.45, 2.75) is 64.8 Å². The summed E-state index contributed by atoms with van der Waals surface area (Å²) in [5.41, 5.74) is 6.59. The minimum Gasteiger partial charge on any atom is -0.330 e. The first-order valence-corrected chi connectivity index (χ1v) is 8.89. The molecule has 20 heavy (non-hydrogen) atoms. The molecule has 0 amide bonds. The molecule has 0 aromatic carbocycles. The molecule has 1 heterocycles. The fourth-order valence-corrected chi connectivity index (χ4v) is 4.31. The van der Waals surface area contributed by atoms with Crippen LogP contribution in [-0.2, 0) is 0 Å². The number of nitrogens with zero attached hydrogens (tertiary/aromatic N) is 2. The van der Waals surface area contributed by atoms with E-state index in [0.717, 1.165) is 12.6 Å². The topological polar surface area (TPSA) is 32.5 Å². The Labute approximate surface area is 125 Å². The summed E-state index contributed by atoms with van der Waals surface area (Å²) in [4.78, 5) is 5.31. The zero-order chi connectivity index (χ0) is 14.4. The predicted molar refractivity (Wildman–Crippen MR) is 87.0 cm³/mol. The van der Waals surface area contributed by atoms with Gasteiger partial charge in [0, 0.05) is 12.6 Å². The van der Waals surface area contributed by atoms with E-state index in [1.165, 1.54) is 77.7 Å². The summed E-state index contributed by atoms with van der Waals surface area (Å²) in [5.74, 6) is 0. The second kappa shape index (κ2) is 7.77. The van der Waals surface area contributed by atoms with Crippen LogP contribution < -0.4 is 5.73 Å². The van der Waals surface area contributed by atoms with E-state index in [-0.39, 0.29) is 0 Å². The molecule has 2 rings (SSSR count). The van der Waals surface area contributed by atoms with Crippen LogP contribution in [0.4, 0.5) is 0 Å². The summed E-state index contributed by atoms with van der Waals surface area (Å²) < 4.78 is 0.